The van der Waals surface area contributed by atoms with E-state index in [1.54, 1.807) is 0 Å². The van der Waals surface area contributed by atoms with Crippen LogP contribution >= 0.6 is 15.9 Å². The number of nitrogens with one attached hydrogen (secondary N) is 1. The molecule has 4 heteroatoms. The second-order valence-corrected chi connectivity index (χ2v) is 3.24. The SMILES string of the molecule is O=C(CBr)NOC1CCCC1. The van der Waals surface area contributed by atoms with Gasteiger partial charge in [-0.3, -0.25) is 9.63 Å². The van der Waals surface area contributed by atoms with Gasteiger partial charge in [0.1, 0.15) is 0 Å². The van der Waals surface area contributed by atoms with Gasteiger partial charge < -0.3 is 0 Å². The number of hydroxylamine groups is 1. The van der Waals surface area contributed by atoms with E-state index < -0.39 is 0 Å². The third-order valence-electron chi connectivity index (χ3n) is 1.76. The molecular weight excluding hydrogens is 210 g/mol. The molecular formula is C7H12BrNO2. The third-order valence-corrected chi connectivity index (χ3v) is 2.27. The number of alkyl halides is 1. The van der Waals surface area contributed by atoms with Crippen molar-refractivity contribution in [1.82, 2.24) is 5.48 Å². The van der Waals surface area contributed by atoms with Crippen molar-refractivity contribution in [3.8, 4) is 0 Å². The zero-order chi connectivity index (χ0) is 8.10. The minimum Gasteiger partial charge on any atom is -0.272 e. The third kappa shape index (κ3) is 3.20. The lowest BCUT2D eigenvalue weighted by Gasteiger charge is -2.09. The molecule has 0 aliphatic heterocycles. The Morgan fingerprint density at radius 1 is 1.55 bits per heavy atom. The number of hydrogen-bond acceptors (Lipinski definition) is 2. The molecule has 64 valence electrons. The Morgan fingerprint density at radius 3 is 2.73 bits per heavy atom. The maximum absolute atomic E-state index is 10.7. The van der Waals surface area contributed by atoms with Crippen LogP contribution in [-0.4, -0.2) is 17.3 Å². The summed E-state index contributed by atoms with van der Waals surface area (Å²) in [5.41, 5.74) is 2.39. The fraction of sp³-hybridized carbons (Fsp3) is 0.857. The van der Waals surface area contributed by atoms with Gasteiger partial charge in [0.2, 0.25) is 0 Å². The van der Waals surface area contributed by atoms with Gasteiger partial charge in [0.15, 0.2) is 0 Å². The van der Waals surface area contributed by atoms with Crippen LogP contribution < -0.4 is 5.48 Å². The van der Waals surface area contributed by atoms with E-state index in [1.807, 2.05) is 0 Å². The van der Waals surface area contributed by atoms with Crippen LogP contribution in [0.15, 0.2) is 0 Å². The number of carbonyl (C=O) groups is 1. The summed E-state index contributed by atoms with van der Waals surface area (Å²) in [4.78, 5) is 15.8. The molecule has 0 saturated heterocycles. The number of amides is 1. The molecule has 0 radical (unpaired) electrons. The van der Waals surface area contributed by atoms with Gasteiger partial charge in [0.05, 0.1) is 11.4 Å². The molecule has 0 aromatic carbocycles. The van der Waals surface area contributed by atoms with E-state index in [-0.39, 0.29) is 12.0 Å². The minimum absolute atomic E-state index is 0.114. The Kier molecular flexibility index (Phi) is 3.86. The summed E-state index contributed by atoms with van der Waals surface area (Å²) in [5.74, 6) is -0.114. The molecule has 1 saturated carbocycles. The van der Waals surface area contributed by atoms with Crippen molar-refractivity contribution in [3.63, 3.8) is 0 Å². The highest BCUT2D eigenvalue weighted by Crippen LogP contribution is 2.19. The molecule has 0 bridgehead atoms. The van der Waals surface area contributed by atoms with E-state index >= 15 is 0 Å². The molecule has 1 aliphatic carbocycles. The standard InChI is InChI=1S/C7H12BrNO2/c8-5-7(10)9-11-6-3-1-2-4-6/h6H,1-5H2,(H,9,10). The van der Waals surface area contributed by atoms with E-state index in [1.165, 1.54) is 12.8 Å². The molecule has 0 unspecified atom stereocenters. The summed E-state index contributed by atoms with van der Waals surface area (Å²) in [5, 5.41) is 0.305. The van der Waals surface area contributed by atoms with Crippen molar-refractivity contribution in [3.05, 3.63) is 0 Å². The topological polar surface area (TPSA) is 38.3 Å². The smallest absolute Gasteiger partial charge is 0.254 e. The van der Waals surface area contributed by atoms with Crippen molar-refractivity contribution in [2.75, 3.05) is 5.33 Å². The van der Waals surface area contributed by atoms with Crippen molar-refractivity contribution in [1.29, 1.82) is 0 Å². The molecule has 1 amide bonds. The van der Waals surface area contributed by atoms with Crippen molar-refractivity contribution in [2.45, 2.75) is 31.8 Å². The predicted molar refractivity (Wildman–Crippen MR) is 45.3 cm³/mol. The van der Waals surface area contributed by atoms with Gasteiger partial charge in [-0.15, -0.1) is 0 Å². The molecule has 0 spiro atoms. The van der Waals surface area contributed by atoms with Crippen LogP contribution in [0.2, 0.25) is 0 Å². The highest BCUT2D eigenvalue weighted by Gasteiger charge is 2.16. The van der Waals surface area contributed by atoms with E-state index in [0.29, 0.717) is 5.33 Å². The lowest BCUT2D eigenvalue weighted by molar-refractivity contribution is -0.135. The van der Waals surface area contributed by atoms with E-state index in [9.17, 15) is 4.79 Å². The number of carbonyl (C=O) groups excluding carboxylic acids is 1. The molecule has 1 rings (SSSR count). The lowest BCUT2D eigenvalue weighted by atomic mass is 10.3. The Morgan fingerprint density at radius 2 is 2.18 bits per heavy atom. The normalized spacial score (nSPS) is 18.6. The van der Waals surface area contributed by atoms with Gasteiger partial charge in [-0.25, -0.2) is 5.48 Å². The molecule has 0 heterocycles. The zero-order valence-corrected chi connectivity index (χ0v) is 7.89. The maximum Gasteiger partial charge on any atom is 0.254 e. The van der Waals surface area contributed by atoms with Crippen LogP contribution in [0.3, 0.4) is 0 Å². The summed E-state index contributed by atoms with van der Waals surface area (Å²) < 4.78 is 0. The highest BCUT2D eigenvalue weighted by atomic mass is 79.9. The summed E-state index contributed by atoms with van der Waals surface area (Å²) in [7, 11) is 0. The first kappa shape index (κ1) is 9.00. The number of hydrogen-bond donors (Lipinski definition) is 1. The Hall–Kier alpha value is -0.0900. The van der Waals surface area contributed by atoms with E-state index in [4.69, 9.17) is 4.84 Å². The average molecular weight is 222 g/mol. The molecule has 1 aliphatic rings. The van der Waals surface area contributed by atoms with Crippen LogP contribution in [0.25, 0.3) is 0 Å². The van der Waals surface area contributed by atoms with E-state index in [0.717, 1.165) is 12.8 Å². The molecule has 1 N–H and O–H groups in total. The quantitative estimate of drug-likeness (QED) is 0.578. The van der Waals surface area contributed by atoms with Crippen LogP contribution in [0.4, 0.5) is 0 Å². The van der Waals surface area contributed by atoms with Gasteiger partial charge in [-0.05, 0) is 12.8 Å². The van der Waals surface area contributed by atoms with Gasteiger partial charge in [0, 0.05) is 0 Å². The predicted octanol–water partition coefficient (Wildman–Crippen LogP) is 1.37. The van der Waals surface area contributed by atoms with Crippen molar-refractivity contribution in [2.24, 2.45) is 0 Å². The van der Waals surface area contributed by atoms with Gasteiger partial charge in [-0.1, -0.05) is 28.8 Å². The lowest BCUT2D eigenvalue weighted by Crippen LogP contribution is -2.28. The van der Waals surface area contributed by atoms with Crippen LogP contribution in [0.1, 0.15) is 25.7 Å². The molecule has 1 fully saturated rings. The van der Waals surface area contributed by atoms with Gasteiger partial charge in [-0.2, -0.15) is 0 Å². The van der Waals surface area contributed by atoms with Crippen LogP contribution in [0.5, 0.6) is 0 Å². The zero-order valence-electron chi connectivity index (χ0n) is 6.31. The average Bonchev–Trinajstić information content (AvgIpc) is 2.52. The second-order valence-electron chi connectivity index (χ2n) is 2.68. The fourth-order valence-electron chi connectivity index (χ4n) is 1.18. The Bertz CT molecular complexity index is 134. The minimum atomic E-state index is -0.114. The summed E-state index contributed by atoms with van der Waals surface area (Å²) in [6, 6.07) is 0. The van der Waals surface area contributed by atoms with Crippen molar-refractivity contribution < 1.29 is 9.63 Å². The first-order valence-electron chi connectivity index (χ1n) is 3.83. The molecule has 11 heavy (non-hydrogen) atoms. The largest absolute Gasteiger partial charge is 0.272 e. The molecule has 3 nitrogen and oxygen atoms in total. The Balaban J connectivity index is 2.06. The molecule has 0 atom stereocenters. The summed E-state index contributed by atoms with van der Waals surface area (Å²) in [6.07, 6.45) is 4.83. The second kappa shape index (κ2) is 4.72. The van der Waals surface area contributed by atoms with Crippen LogP contribution in [-0.2, 0) is 9.63 Å². The fourth-order valence-corrected chi connectivity index (χ4v) is 1.30. The van der Waals surface area contributed by atoms with E-state index in [2.05, 4.69) is 21.4 Å². The van der Waals surface area contributed by atoms with Gasteiger partial charge >= 0.3 is 0 Å². The first-order chi connectivity index (χ1) is 5.33. The molecule has 0 aromatic heterocycles. The maximum atomic E-state index is 10.7. The molecule has 0 aromatic rings. The highest BCUT2D eigenvalue weighted by molar-refractivity contribution is 9.09. The summed E-state index contributed by atoms with van der Waals surface area (Å²) >= 11 is 3.03. The first-order valence-corrected chi connectivity index (χ1v) is 4.95. The number of halogens is 1. The van der Waals surface area contributed by atoms with Crippen molar-refractivity contribution >= 4 is 21.8 Å². The van der Waals surface area contributed by atoms with Crippen LogP contribution in [0, 0.1) is 0 Å². The monoisotopic (exact) mass is 221 g/mol. The Labute approximate surface area is 74.6 Å². The summed E-state index contributed by atoms with van der Waals surface area (Å²) in [6.45, 7) is 0. The van der Waals surface area contributed by atoms with Gasteiger partial charge in [0.25, 0.3) is 5.91 Å². The number of rotatable bonds is 3.